The second-order valence-electron chi connectivity index (χ2n) is 7.74. The summed E-state index contributed by atoms with van der Waals surface area (Å²) in [5, 5.41) is 0. The highest BCUT2D eigenvalue weighted by Crippen LogP contribution is 2.14. The van der Waals surface area contributed by atoms with Crippen molar-refractivity contribution < 1.29 is 12.9 Å². The lowest BCUT2D eigenvalue weighted by molar-refractivity contribution is -0.925. The average molecular weight is 519 g/mol. The molecule has 0 aliphatic heterocycles. The SMILES string of the molecule is CCCCCCCCCCCS(=O)(=O)[N-]CCC[N+](CC)(CC)CCC.I. The molecule has 0 atom stereocenters. The fourth-order valence-corrected chi connectivity index (χ4v) is 4.82. The predicted octanol–water partition coefficient (Wildman–Crippen LogP) is 6.50. The Morgan fingerprint density at radius 2 is 1.19 bits per heavy atom. The molecular formula is C21H47IN2O2S. The van der Waals surface area contributed by atoms with Gasteiger partial charge in [0.15, 0.2) is 0 Å². The van der Waals surface area contributed by atoms with Gasteiger partial charge in [0, 0.05) is 5.75 Å². The molecule has 166 valence electrons. The van der Waals surface area contributed by atoms with Crippen LogP contribution in [0.1, 0.15) is 98.3 Å². The summed E-state index contributed by atoms with van der Waals surface area (Å²) < 4.78 is 29.2. The van der Waals surface area contributed by atoms with Crippen LogP contribution in [0.25, 0.3) is 4.72 Å². The highest BCUT2D eigenvalue weighted by molar-refractivity contribution is 14.0. The monoisotopic (exact) mass is 518 g/mol. The molecular weight excluding hydrogens is 471 g/mol. The first-order valence-electron chi connectivity index (χ1n) is 11.2. The second kappa shape index (κ2) is 18.6. The van der Waals surface area contributed by atoms with Gasteiger partial charge in [-0.25, -0.2) is 8.42 Å². The molecule has 0 radical (unpaired) electrons. The molecule has 0 amide bonds. The van der Waals surface area contributed by atoms with Gasteiger partial charge < -0.3 is 9.21 Å². The molecule has 27 heavy (non-hydrogen) atoms. The summed E-state index contributed by atoms with van der Waals surface area (Å²) in [6.45, 7) is 13.8. The van der Waals surface area contributed by atoms with Crippen LogP contribution in [0.15, 0.2) is 0 Å². The van der Waals surface area contributed by atoms with Gasteiger partial charge in [-0.3, -0.25) is 0 Å². The maximum absolute atomic E-state index is 12.1. The molecule has 0 aliphatic rings. The number of hydrogen-bond donors (Lipinski definition) is 0. The van der Waals surface area contributed by atoms with Gasteiger partial charge in [0.2, 0.25) is 0 Å². The van der Waals surface area contributed by atoms with E-state index in [1.807, 2.05) is 0 Å². The minimum Gasteiger partial charge on any atom is -0.549 e. The Bertz CT molecular complexity index is 412. The van der Waals surface area contributed by atoms with Gasteiger partial charge in [-0.1, -0.05) is 65.2 Å². The van der Waals surface area contributed by atoms with Crippen LogP contribution in [0.3, 0.4) is 0 Å². The lowest BCUT2D eigenvalue weighted by Gasteiger charge is -2.37. The number of sulfonamides is 1. The first kappa shape index (κ1) is 29.8. The lowest BCUT2D eigenvalue weighted by Crippen LogP contribution is -2.49. The number of rotatable bonds is 19. The molecule has 0 N–H and O–H groups in total. The zero-order valence-corrected chi connectivity index (χ0v) is 21.7. The summed E-state index contributed by atoms with van der Waals surface area (Å²) in [5.74, 6) is 0.235. The Hall–Kier alpha value is 0.600. The molecule has 4 nitrogen and oxygen atoms in total. The predicted molar refractivity (Wildman–Crippen MR) is 131 cm³/mol. The van der Waals surface area contributed by atoms with Gasteiger partial charge in [0.25, 0.3) is 0 Å². The van der Waals surface area contributed by atoms with Crippen molar-refractivity contribution in [2.45, 2.75) is 98.3 Å². The van der Waals surface area contributed by atoms with Crippen LogP contribution in [-0.4, -0.2) is 51.4 Å². The summed E-state index contributed by atoms with van der Waals surface area (Å²) in [5.41, 5.74) is 0. The summed E-state index contributed by atoms with van der Waals surface area (Å²) in [6.07, 6.45) is 12.8. The zero-order chi connectivity index (χ0) is 19.7. The second-order valence-corrected chi connectivity index (χ2v) is 9.57. The molecule has 6 heteroatoms. The van der Waals surface area contributed by atoms with E-state index in [1.54, 1.807) is 0 Å². The van der Waals surface area contributed by atoms with Crippen molar-refractivity contribution in [3.8, 4) is 0 Å². The maximum Gasteiger partial charge on any atom is 0.0783 e. The molecule has 0 heterocycles. The van der Waals surface area contributed by atoms with Gasteiger partial charge in [-0.05, 0) is 33.1 Å². The summed E-state index contributed by atoms with van der Waals surface area (Å²) >= 11 is 0. The van der Waals surface area contributed by atoms with E-state index in [0.717, 1.165) is 49.8 Å². The van der Waals surface area contributed by atoms with E-state index in [2.05, 4.69) is 32.4 Å². The molecule has 0 aromatic heterocycles. The number of nitrogens with zero attached hydrogens (tertiary/aromatic N) is 2. The van der Waals surface area contributed by atoms with Crippen molar-refractivity contribution >= 4 is 34.0 Å². The summed E-state index contributed by atoms with van der Waals surface area (Å²) in [7, 11) is -3.21. The molecule has 0 saturated heterocycles. The standard InChI is InChI=1S/C21H46N2O2S.HI/c1-5-9-10-11-12-13-14-15-16-21-26(24,25)22-18-17-20-23(7-3,8-4)19-6-2;/h5-21H2,1-4H3;1H. The quantitative estimate of drug-likeness (QED) is 0.111. The van der Waals surface area contributed by atoms with Gasteiger partial charge in [0.1, 0.15) is 0 Å². The topological polar surface area (TPSA) is 48.2 Å². The van der Waals surface area contributed by atoms with Crippen LogP contribution in [0.4, 0.5) is 0 Å². The van der Waals surface area contributed by atoms with Crippen LogP contribution in [0.2, 0.25) is 0 Å². The number of unbranched alkanes of at least 4 members (excludes halogenated alkanes) is 8. The van der Waals surface area contributed by atoms with Crippen LogP contribution < -0.4 is 0 Å². The fraction of sp³-hybridized carbons (Fsp3) is 1.00. The Labute approximate surface area is 187 Å². The van der Waals surface area contributed by atoms with E-state index in [1.165, 1.54) is 51.5 Å². The zero-order valence-electron chi connectivity index (χ0n) is 18.5. The Kier molecular flexibility index (Phi) is 20.5. The molecule has 0 aliphatic carbocycles. The van der Waals surface area contributed by atoms with Crippen molar-refractivity contribution in [1.82, 2.24) is 0 Å². The largest absolute Gasteiger partial charge is 0.549 e. The van der Waals surface area contributed by atoms with Crippen molar-refractivity contribution in [2.24, 2.45) is 0 Å². The summed E-state index contributed by atoms with van der Waals surface area (Å²) in [4.78, 5) is 0. The first-order valence-corrected chi connectivity index (χ1v) is 12.8. The van der Waals surface area contributed by atoms with Crippen molar-refractivity contribution in [1.29, 1.82) is 0 Å². The number of quaternary nitrogens is 1. The lowest BCUT2D eigenvalue weighted by atomic mass is 10.1. The first-order chi connectivity index (χ1) is 12.4. The molecule has 0 aromatic rings. The third-order valence-electron chi connectivity index (χ3n) is 5.62. The van der Waals surface area contributed by atoms with Crippen LogP contribution in [0, 0.1) is 0 Å². The smallest absolute Gasteiger partial charge is 0.0783 e. The van der Waals surface area contributed by atoms with E-state index >= 15 is 0 Å². The van der Waals surface area contributed by atoms with Crippen LogP contribution in [-0.2, 0) is 10.0 Å². The van der Waals surface area contributed by atoms with Crippen molar-refractivity contribution in [3.05, 3.63) is 4.72 Å². The molecule has 0 saturated carbocycles. The van der Waals surface area contributed by atoms with E-state index in [-0.39, 0.29) is 29.7 Å². The van der Waals surface area contributed by atoms with Gasteiger partial charge in [-0.2, -0.15) is 0 Å². The van der Waals surface area contributed by atoms with Crippen LogP contribution >= 0.6 is 24.0 Å². The number of halogens is 1. The highest BCUT2D eigenvalue weighted by atomic mass is 127. The minimum absolute atomic E-state index is 0. The molecule has 0 rings (SSSR count). The summed E-state index contributed by atoms with van der Waals surface area (Å²) in [6, 6.07) is 0. The molecule has 0 aromatic carbocycles. The number of hydrogen-bond acceptors (Lipinski definition) is 2. The highest BCUT2D eigenvalue weighted by Gasteiger charge is 2.20. The van der Waals surface area contributed by atoms with E-state index in [0.29, 0.717) is 6.54 Å². The van der Waals surface area contributed by atoms with Crippen LogP contribution in [0.5, 0.6) is 0 Å². The fourth-order valence-electron chi connectivity index (χ4n) is 3.71. The third kappa shape index (κ3) is 16.1. The molecule has 0 unspecified atom stereocenters. The Morgan fingerprint density at radius 3 is 1.67 bits per heavy atom. The van der Waals surface area contributed by atoms with Gasteiger partial charge >= 0.3 is 0 Å². The van der Waals surface area contributed by atoms with Crippen molar-refractivity contribution in [3.63, 3.8) is 0 Å². The Morgan fingerprint density at radius 1 is 0.667 bits per heavy atom. The Balaban J connectivity index is 0. The third-order valence-corrected chi connectivity index (χ3v) is 7.00. The average Bonchev–Trinajstić information content (AvgIpc) is 2.63. The van der Waals surface area contributed by atoms with E-state index < -0.39 is 10.0 Å². The molecule has 0 spiro atoms. The van der Waals surface area contributed by atoms with Gasteiger partial charge in [0.05, 0.1) is 36.2 Å². The van der Waals surface area contributed by atoms with E-state index in [4.69, 9.17) is 0 Å². The maximum atomic E-state index is 12.1. The van der Waals surface area contributed by atoms with E-state index in [9.17, 15) is 8.42 Å². The van der Waals surface area contributed by atoms with Crippen molar-refractivity contribution in [2.75, 3.05) is 38.5 Å². The normalized spacial score (nSPS) is 12.1. The molecule has 0 fully saturated rings. The van der Waals surface area contributed by atoms with Gasteiger partial charge in [-0.15, -0.1) is 30.5 Å². The molecule has 0 bridgehead atoms. The minimum atomic E-state index is -3.21.